The van der Waals surface area contributed by atoms with Crippen LogP contribution in [0.5, 0.6) is 11.5 Å². The van der Waals surface area contributed by atoms with Crippen LogP contribution in [0.2, 0.25) is 0 Å². The quantitative estimate of drug-likeness (QED) is 0.343. The first-order valence-electron chi connectivity index (χ1n) is 9.69. The van der Waals surface area contributed by atoms with Crippen LogP contribution in [0.25, 0.3) is 10.8 Å². The molecular formula is C24H20N2O5S. The predicted octanol–water partition coefficient (Wildman–Crippen LogP) is 4.57. The van der Waals surface area contributed by atoms with Crippen LogP contribution in [0.3, 0.4) is 0 Å². The number of ether oxygens (including phenoxy) is 2. The Morgan fingerprint density at radius 1 is 0.938 bits per heavy atom. The highest BCUT2D eigenvalue weighted by atomic mass is 32.2. The molecule has 4 rings (SSSR count). The number of methoxy groups -OCH3 is 1. The predicted molar refractivity (Wildman–Crippen MR) is 122 cm³/mol. The normalized spacial score (nSPS) is 11.2. The molecule has 32 heavy (non-hydrogen) atoms. The Morgan fingerprint density at radius 2 is 1.72 bits per heavy atom. The van der Waals surface area contributed by atoms with Crippen LogP contribution >= 0.6 is 0 Å². The maximum atomic E-state index is 13.0. The summed E-state index contributed by atoms with van der Waals surface area (Å²) in [6, 6.07) is 18.0. The molecule has 3 aromatic carbocycles. The van der Waals surface area contributed by atoms with E-state index in [4.69, 9.17) is 9.47 Å². The Labute approximate surface area is 185 Å². The molecule has 0 radical (unpaired) electrons. The summed E-state index contributed by atoms with van der Waals surface area (Å²) in [5, 5.41) is 1.78. The minimum Gasteiger partial charge on any atom is -0.495 e. The molecule has 0 aliphatic heterocycles. The van der Waals surface area contributed by atoms with Crippen molar-refractivity contribution in [3.63, 3.8) is 0 Å². The Bertz CT molecular complexity index is 1400. The number of pyridine rings is 1. The summed E-state index contributed by atoms with van der Waals surface area (Å²) in [6.07, 6.45) is 3.35. The lowest BCUT2D eigenvalue weighted by Gasteiger charge is -2.13. The second kappa shape index (κ2) is 8.68. The first kappa shape index (κ1) is 21.3. The van der Waals surface area contributed by atoms with Gasteiger partial charge in [-0.15, -0.1) is 0 Å². The highest BCUT2D eigenvalue weighted by Crippen LogP contribution is 2.28. The van der Waals surface area contributed by atoms with Gasteiger partial charge < -0.3 is 9.47 Å². The van der Waals surface area contributed by atoms with Crippen LogP contribution < -0.4 is 14.2 Å². The van der Waals surface area contributed by atoms with Gasteiger partial charge in [-0.2, -0.15) is 0 Å². The maximum absolute atomic E-state index is 13.0. The van der Waals surface area contributed by atoms with Crippen molar-refractivity contribution in [2.75, 3.05) is 11.8 Å². The molecule has 0 aliphatic rings. The van der Waals surface area contributed by atoms with Crippen molar-refractivity contribution >= 4 is 32.5 Å². The van der Waals surface area contributed by atoms with Crippen LogP contribution in [0, 0.1) is 6.92 Å². The van der Waals surface area contributed by atoms with E-state index in [9.17, 15) is 13.2 Å². The molecule has 8 heteroatoms. The van der Waals surface area contributed by atoms with E-state index in [0.717, 1.165) is 16.3 Å². The number of nitrogens with one attached hydrogen (secondary N) is 1. The average Bonchev–Trinajstić information content (AvgIpc) is 2.80. The van der Waals surface area contributed by atoms with E-state index in [0.29, 0.717) is 11.4 Å². The van der Waals surface area contributed by atoms with Crippen LogP contribution in [-0.2, 0) is 10.0 Å². The third-order valence-electron chi connectivity index (χ3n) is 4.82. The van der Waals surface area contributed by atoms with Crippen LogP contribution in [-0.4, -0.2) is 26.5 Å². The Hall–Kier alpha value is -3.91. The van der Waals surface area contributed by atoms with Crippen molar-refractivity contribution in [1.29, 1.82) is 0 Å². The fraction of sp³-hybridized carbons (Fsp3) is 0.0833. The second-order valence-electron chi connectivity index (χ2n) is 7.11. The van der Waals surface area contributed by atoms with Crippen molar-refractivity contribution in [1.82, 2.24) is 4.98 Å². The molecular weight excluding hydrogens is 428 g/mol. The number of carbonyl (C=O) groups is 1. The molecule has 4 aromatic rings. The third kappa shape index (κ3) is 4.55. The number of sulfonamides is 1. The molecule has 0 saturated heterocycles. The van der Waals surface area contributed by atoms with Gasteiger partial charge >= 0.3 is 5.97 Å². The fourth-order valence-corrected chi connectivity index (χ4v) is 4.39. The molecule has 162 valence electrons. The van der Waals surface area contributed by atoms with Gasteiger partial charge in [0, 0.05) is 23.5 Å². The summed E-state index contributed by atoms with van der Waals surface area (Å²) < 4.78 is 39.2. The fourth-order valence-electron chi connectivity index (χ4n) is 3.14. The summed E-state index contributed by atoms with van der Waals surface area (Å²) in [6.45, 7) is 1.91. The van der Waals surface area contributed by atoms with E-state index in [2.05, 4.69) is 9.71 Å². The monoisotopic (exact) mass is 448 g/mol. The van der Waals surface area contributed by atoms with Gasteiger partial charge in [0.1, 0.15) is 16.4 Å². The van der Waals surface area contributed by atoms with E-state index in [1.165, 1.54) is 25.3 Å². The number of carbonyl (C=O) groups excluding carboxylic acids is 1. The second-order valence-corrected chi connectivity index (χ2v) is 8.76. The Kier molecular flexibility index (Phi) is 5.79. The van der Waals surface area contributed by atoms with Gasteiger partial charge in [-0.25, -0.2) is 13.2 Å². The van der Waals surface area contributed by atoms with Crippen molar-refractivity contribution in [2.24, 2.45) is 0 Å². The maximum Gasteiger partial charge on any atom is 0.343 e. The van der Waals surface area contributed by atoms with E-state index in [1.807, 2.05) is 19.1 Å². The zero-order valence-corrected chi connectivity index (χ0v) is 18.2. The van der Waals surface area contributed by atoms with Gasteiger partial charge in [0.15, 0.2) is 0 Å². The summed E-state index contributed by atoms with van der Waals surface area (Å²) in [5.41, 5.74) is 1.47. The van der Waals surface area contributed by atoms with Gasteiger partial charge in [0.05, 0.1) is 12.7 Å². The molecule has 7 nitrogen and oxygen atoms in total. The zero-order valence-electron chi connectivity index (χ0n) is 17.4. The minimum absolute atomic E-state index is 0.0707. The summed E-state index contributed by atoms with van der Waals surface area (Å²) in [7, 11) is -2.66. The molecule has 1 heterocycles. The van der Waals surface area contributed by atoms with Gasteiger partial charge in [-0.05, 0) is 60.8 Å². The number of hydrogen-bond acceptors (Lipinski definition) is 6. The number of aromatic nitrogens is 1. The highest BCUT2D eigenvalue weighted by molar-refractivity contribution is 7.92. The first-order chi connectivity index (χ1) is 15.4. The van der Waals surface area contributed by atoms with Gasteiger partial charge in [0.25, 0.3) is 10.0 Å². The largest absolute Gasteiger partial charge is 0.495 e. The molecule has 0 spiro atoms. The first-order valence-corrected chi connectivity index (χ1v) is 11.2. The Morgan fingerprint density at radius 3 is 2.47 bits per heavy atom. The molecule has 0 bridgehead atoms. The van der Waals surface area contributed by atoms with Gasteiger partial charge in [-0.1, -0.05) is 23.8 Å². The number of fused-ring (bicyclic) bond motifs is 1. The van der Waals surface area contributed by atoms with E-state index < -0.39 is 16.0 Å². The number of hydrogen-bond donors (Lipinski definition) is 1. The molecule has 0 unspecified atom stereocenters. The number of nitrogens with zero attached hydrogens (tertiary/aromatic N) is 1. The standard InChI is InChI=1S/C24H20N2O5S/c1-16-3-7-20(8-4-16)26-32(28,29)23-14-18(6-10-22(23)30-2)24(27)31-21-9-5-17-11-12-25-15-19(17)13-21/h3-15,26H,1-2H3. The molecule has 0 amide bonds. The molecule has 1 N–H and O–H groups in total. The number of esters is 1. The lowest BCUT2D eigenvalue weighted by molar-refractivity contribution is 0.0734. The van der Waals surface area contributed by atoms with Crippen LogP contribution in [0.15, 0.2) is 84.0 Å². The number of rotatable bonds is 6. The van der Waals surface area contributed by atoms with Crippen LogP contribution in [0.4, 0.5) is 5.69 Å². The van der Waals surface area contributed by atoms with Gasteiger partial charge in [-0.3, -0.25) is 9.71 Å². The number of aryl methyl sites for hydroxylation is 1. The van der Waals surface area contributed by atoms with Crippen molar-refractivity contribution < 1.29 is 22.7 Å². The number of anilines is 1. The lowest BCUT2D eigenvalue weighted by atomic mass is 10.2. The summed E-state index contributed by atoms with van der Waals surface area (Å²) >= 11 is 0. The molecule has 0 atom stereocenters. The zero-order chi connectivity index (χ0) is 22.7. The van der Waals surface area contributed by atoms with Gasteiger partial charge in [0.2, 0.25) is 0 Å². The lowest BCUT2D eigenvalue weighted by Crippen LogP contribution is -2.16. The molecule has 0 saturated carbocycles. The van der Waals surface area contributed by atoms with E-state index in [-0.39, 0.29) is 16.2 Å². The van der Waals surface area contributed by atoms with E-state index >= 15 is 0 Å². The SMILES string of the molecule is COc1ccc(C(=O)Oc2ccc3ccncc3c2)cc1S(=O)(=O)Nc1ccc(C)cc1. The highest BCUT2D eigenvalue weighted by Gasteiger charge is 2.23. The van der Waals surface area contributed by atoms with Crippen molar-refractivity contribution in [3.8, 4) is 11.5 Å². The minimum atomic E-state index is -4.02. The molecule has 0 fully saturated rings. The third-order valence-corrected chi connectivity index (χ3v) is 6.22. The van der Waals surface area contributed by atoms with Crippen molar-refractivity contribution in [2.45, 2.75) is 11.8 Å². The molecule has 1 aromatic heterocycles. The molecule has 0 aliphatic carbocycles. The summed E-state index contributed by atoms with van der Waals surface area (Å²) in [5.74, 6) is -0.255. The topological polar surface area (TPSA) is 94.6 Å². The smallest absolute Gasteiger partial charge is 0.343 e. The summed E-state index contributed by atoms with van der Waals surface area (Å²) in [4.78, 5) is 16.6. The van der Waals surface area contributed by atoms with E-state index in [1.54, 1.807) is 48.8 Å². The number of benzene rings is 3. The van der Waals surface area contributed by atoms with Crippen molar-refractivity contribution in [3.05, 3.63) is 90.3 Å². The Balaban J connectivity index is 1.62. The average molecular weight is 449 g/mol. The van der Waals surface area contributed by atoms with Crippen LogP contribution in [0.1, 0.15) is 15.9 Å².